The zero-order chi connectivity index (χ0) is 35.0. The molecule has 0 fully saturated rings. The van der Waals surface area contributed by atoms with Gasteiger partial charge in [-0.3, -0.25) is 4.57 Å². The average Bonchev–Trinajstić information content (AvgIpc) is 3.61. The predicted molar refractivity (Wildman–Crippen MR) is 225 cm³/mol. The van der Waals surface area contributed by atoms with Gasteiger partial charge in [0.2, 0.25) is 0 Å². The smallest absolute Gasteiger partial charge is 0.114 e. The van der Waals surface area contributed by atoms with Gasteiger partial charge in [-0.15, -0.1) is 0 Å². The van der Waals surface area contributed by atoms with Crippen molar-refractivity contribution in [2.45, 2.75) is 13.3 Å². The average molecular weight is 675 g/mol. The molecule has 248 valence electrons. The Morgan fingerprint density at radius 2 is 1.00 bits per heavy atom. The van der Waals surface area contributed by atoms with Crippen molar-refractivity contribution in [3.05, 3.63) is 182 Å². The van der Waals surface area contributed by atoms with E-state index >= 15 is 0 Å². The largest absolute Gasteiger partial charge is 0.296 e. The van der Waals surface area contributed by atoms with E-state index < -0.39 is 0 Å². The van der Waals surface area contributed by atoms with Crippen LogP contribution in [0.1, 0.15) is 12.7 Å². The van der Waals surface area contributed by atoms with Crippen molar-refractivity contribution in [3.8, 4) is 39.1 Å². The quantitative estimate of drug-likeness (QED) is 0.131. The van der Waals surface area contributed by atoms with Gasteiger partial charge in [0.15, 0.2) is 0 Å². The Morgan fingerprint density at radius 1 is 0.415 bits per heavy atom. The summed E-state index contributed by atoms with van der Waals surface area (Å²) in [6, 6.07) is 64.9. The van der Waals surface area contributed by atoms with Crippen molar-refractivity contribution < 1.29 is 0 Å². The molecule has 0 aliphatic carbocycles. The first-order valence-electron chi connectivity index (χ1n) is 18.5. The molecule has 0 amide bonds. The van der Waals surface area contributed by atoms with Crippen molar-refractivity contribution in [1.29, 1.82) is 0 Å². The number of hydrogen-bond donors (Lipinski definition) is 0. The molecule has 0 N–H and O–H groups in total. The first-order chi connectivity index (χ1) is 26.2. The lowest BCUT2D eigenvalue weighted by atomic mass is 9.83. The van der Waals surface area contributed by atoms with Gasteiger partial charge in [-0.05, 0) is 130 Å². The van der Waals surface area contributed by atoms with E-state index in [2.05, 4.69) is 187 Å². The standard InChI is InChI=1S/C51H34N2/c1-2-47-52-45-17-8-9-18-46(45)53(47)40-26-23-35(24-27-40)50-41-15-6-7-16-42(41)51(44-31-36(25-28-43(44)50)32-11-4-3-5-12-32)39-29-37-21-19-33-13-10-14-34-20-22-38(30-39)49(37)48(33)34/h3-31H,2H2,1H3. The lowest BCUT2D eigenvalue weighted by Gasteiger charge is -2.20. The van der Waals surface area contributed by atoms with Gasteiger partial charge in [0, 0.05) is 12.1 Å². The Labute approximate surface area is 307 Å². The summed E-state index contributed by atoms with van der Waals surface area (Å²) in [5, 5.41) is 12.8. The molecule has 0 aliphatic heterocycles. The lowest BCUT2D eigenvalue weighted by Crippen LogP contribution is -2.00. The minimum Gasteiger partial charge on any atom is -0.296 e. The molecule has 11 rings (SSSR count). The van der Waals surface area contributed by atoms with E-state index in [1.54, 1.807) is 0 Å². The van der Waals surface area contributed by atoms with Gasteiger partial charge in [-0.2, -0.15) is 0 Å². The van der Waals surface area contributed by atoms with Crippen molar-refractivity contribution in [1.82, 2.24) is 9.55 Å². The Bertz CT molecular complexity index is 3120. The van der Waals surface area contributed by atoms with Crippen LogP contribution in [0, 0.1) is 0 Å². The maximum Gasteiger partial charge on any atom is 0.114 e. The summed E-state index contributed by atoms with van der Waals surface area (Å²) in [5.74, 6) is 1.07. The van der Waals surface area contributed by atoms with Crippen molar-refractivity contribution in [3.63, 3.8) is 0 Å². The Kier molecular flexibility index (Phi) is 6.56. The summed E-state index contributed by atoms with van der Waals surface area (Å²) in [4.78, 5) is 4.95. The summed E-state index contributed by atoms with van der Waals surface area (Å²) in [7, 11) is 0. The van der Waals surface area contributed by atoms with E-state index in [0.717, 1.165) is 29.0 Å². The van der Waals surface area contributed by atoms with Crippen molar-refractivity contribution >= 4 is 64.9 Å². The van der Waals surface area contributed by atoms with E-state index in [9.17, 15) is 0 Å². The summed E-state index contributed by atoms with van der Waals surface area (Å²) in [6.07, 6.45) is 0.862. The van der Waals surface area contributed by atoms with Crippen LogP contribution in [-0.2, 0) is 6.42 Å². The molecule has 10 aromatic carbocycles. The van der Waals surface area contributed by atoms with Crippen molar-refractivity contribution in [2.24, 2.45) is 0 Å². The molecule has 1 heterocycles. The van der Waals surface area contributed by atoms with Crippen LogP contribution in [0.3, 0.4) is 0 Å². The molecule has 0 saturated heterocycles. The number of para-hydroxylation sites is 2. The maximum atomic E-state index is 4.95. The van der Waals surface area contributed by atoms with Gasteiger partial charge in [0.1, 0.15) is 5.82 Å². The molecule has 0 atom stereocenters. The van der Waals surface area contributed by atoms with Gasteiger partial charge in [-0.1, -0.05) is 140 Å². The van der Waals surface area contributed by atoms with Gasteiger partial charge in [-0.25, -0.2) is 4.98 Å². The molecule has 53 heavy (non-hydrogen) atoms. The highest BCUT2D eigenvalue weighted by Crippen LogP contribution is 2.47. The van der Waals surface area contributed by atoms with Gasteiger partial charge in [0.25, 0.3) is 0 Å². The molecule has 0 spiro atoms. The Hall–Kier alpha value is -6.77. The molecule has 11 aromatic rings. The molecule has 1 aromatic heterocycles. The van der Waals surface area contributed by atoms with Gasteiger partial charge < -0.3 is 0 Å². The number of aromatic nitrogens is 2. The third-order valence-corrected chi connectivity index (χ3v) is 11.2. The third-order valence-electron chi connectivity index (χ3n) is 11.2. The molecule has 0 unspecified atom stereocenters. The number of aryl methyl sites for hydroxylation is 1. The summed E-state index contributed by atoms with van der Waals surface area (Å²) in [6.45, 7) is 2.18. The normalized spacial score (nSPS) is 11.9. The second-order valence-electron chi connectivity index (χ2n) is 14.2. The lowest BCUT2D eigenvalue weighted by molar-refractivity contribution is 0.908. The first-order valence-corrected chi connectivity index (χ1v) is 18.5. The van der Waals surface area contributed by atoms with Crippen LogP contribution in [0.15, 0.2) is 176 Å². The fourth-order valence-corrected chi connectivity index (χ4v) is 8.89. The summed E-state index contributed by atoms with van der Waals surface area (Å²) >= 11 is 0. The molecule has 2 heteroatoms. The van der Waals surface area contributed by atoms with Crippen LogP contribution in [0.2, 0.25) is 0 Å². The minimum absolute atomic E-state index is 0.862. The number of benzene rings is 10. The minimum atomic E-state index is 0.862. The highest BCUT2D eigenvalue weighted by molar-refractivity contribution is 6.26. The number of nitrogens with zero attached hydrogens (tertiary/aromatic N) is 2. The number of imidazole rings is 1. The molecule has 2 nitrogen and oxygen atoms in total. The fraction of sp³-hybridized carbons (Fsp3) is 0.0392. The van der Waals surface area contributed by atoms with Gasteiger partial charge in [0.05, 0.1) is 11.0 Å². The fourth-order valence-electron chi connectivity index (χ4n) is 8.89. The summed E-state index contributed by atoms with van der Waals surface area (Å²) < 4.78 is 2.30. The van der Waals surface area contributed by atoms with E-state index in [4.69, 9.17) is 4.98 Å². The van der Waals surface area contributed by atoms with Crippen LogP contribution in [0.25, 0.3) is 104 Å². The monoisotopic (exact) mass is 674 g/mol. The van der Waals surface area contributed by atoms with Crippen LogP contribution in [-0.4, -0.2) is 9.55 Å². The second-order valence-corrected chi connectivity index (χ2v) is 14.2. The van der Waals surface area contributed by atoms with Crippen molar-refractivity contribution in [2.75, 3.05) is 0 Å². The predicted octanol–water partition coefficient (Wildman–Crippen LogP) is 13.8. The molecule has 0 radical (unpaired) electrons. The highest BCUT2D eigenvalue weighted by atomic mass is 15.1. The number of fused-ring (bicyclic) bond motifs is 3. The van der Waals surface area contributed by atoms with Crippen LogP contribution < -0.4 is 0 Å². The van der Waals surface area contributed by atoms with E-state index in [0.29, 0.717) is 0 Å². The molecule has 0 bridgehead atoms. The topological polar surface area (TPSA) is 17.8 Å². The van der Waals surface area contributed by atoms with Crippen LogP contribution >= 0.6 is 0 Å². The second kappa shape index (κ2) is 11.6. The summed E-state index contributed by atoms with van der Waals surface area (Å²) in [5.41, 5.74) is 10.7. The van der Waals surface area contributed by atoms with Crippen LogP contribution in [0.4, 0.5) is 0 Å². The Morgan fingerprint density at radius 3 is 1.72 bits per heavy atom. The van der Waals surface area contributed by atoms with E-state index in [-0.39, 0.29) is 0 Å². The zero-order valence-electron chi connectivity index (χ0n) is 29.3. The maximum absolute atomic E-state index is 4.95. The SMILES string of the molecule is CCc1nc2ccccc2n1-c1ccc(-c2c3ccccc3c(-c3cc4ccc5cccc6ccc(c3)c4c56)c3cc(-c4ccccc4)ccc23)cc1. The number of rotatable bonds is 5. The molecular formula is C51H34N2. The molecule has 0 saturated carbocycles. The molecule has 0 aliphatic rings. The van der Waals surface area contributed by atoms with Gasteiger partial charge >= 0.3 is 0 Å². The highest BCUT2D eigenvalue weighted by Gasteiger charge is 2.20. The third kappa shape index (κ3) is 4.55. The van der Waals surface area contributed by atoms with E-state index in [1.165, 1.54) is 87.2 Å². The molecular weight excluding hydrogens is 641 g/mol. The Balaban J connectivity index is 1.19. The first kappa shape index (κ1) is 29.9. The van der Waals surface area contributed by atoms with E-state index in [1.807, 2.05) is 0 Å². The zero-order valence-corrected chi connectivity index (χ0v) is 29.3. The number of hydrogen-bond acceptors (Lipinski definition) is 1. The van der Waals surface area contributed by atoms with Crippen LogP contribution in [0.5, 0.6) is 0 Å².